The Hall–Kier alpha value is -3.58. The number of anilines is 1. The molecule has 4 rings (SSSR count). The van der Waals surface area contributed by atoms with E-state index in [0.717, 1.165) is 44.6 Å². The largest absolute Gasteiger partial charge is 0.449 e. The molecule has 3 heterocycles. The number of carbonyl (C=O) groups is 3. The van der Waals surface area contributed by atoms with Crippen LogP contribution in [0.2, 0.25) is 0 Å². The van der Waals surface area contributed by atoms with Crippen LogP contribution in [0, 0.1) is 0 Å². The van der Waals surface area contributed by atoms with Gasteiger partial charge in [0, 0.05) is 64.0 Å². The molecule has 0 bridgehead atoms. The first kappa shape index (κ1) is 37.2. The van der Waals surface area contributed by atoms with Crippen molar-refractivity contribution in [1.82, 2.24) is 30.0 Å². The van der Waals surface area contributed by atoms with E-state index in [2.05, 4.69) is 27.1 Å². The molecular formula is C33H50N7O7P. The van der Waals surface area contributed by atoms with Gasteiger partial charge in [0.25, 0.3) is 5.91 Å². The third kappa shape index (κ3) is 10.5. The zero-order valence-electron chi connectivity index (χ0n) is 28.6. The number of nitrogens with zero attached hydrogens (tertiary/aromatic N) is 6. The van der Waals surface area contributed by atoms with Gasteiger partial charge in [-0.3, -0.25) is 14.2 Å². The fourth-order valence-electron chi connectivity index (χ4n) is 5.53. The van der Waals surface area contributed by atoms with Gasteiger partial charge in [-0.05, 0) is 33.7 Å². The standard InChI is InChI=1S/C33H50N7O7P/c1-5-8-23-45-33(43)40-21-19-39(20-22-40)32(42)27(14-24-48(44,46-6-2)47-7-3)35-31(41)28-25-29(38-17-15-37(4)16-18-38)36-30(34-28)26-12-10-9-11-13-26/h9-13,25,27H,5-8,14-24H2,1-4H3,(H,35,41). The second kappa shape index (κ2) is 18.3. The molecule has 2 saturated heterocycles. The number of likely N-dealkylation sites (N-methyl/N-ethyl adjacent to an activating group) is 1. The number of ether oxygens (including phenoxy) is 1. The first-order valence-corrected chi connectivity index (χ1v) is 18.7. The van der Waals surface area contributed by atoms with E-state index in [1.165, 1.54) is 0 Å². The number of hydrogen-bond donors (Lipinski definition) is 1. The molecule has 2 aromatic rings. The molecular weight excluding hydrogens is 637 g/mol. The van der Waals surface area contributed by atoms with E-state index < -0.39 is 25.6 Å². The van der Waals surface area contributed by atoms with Gasteiger partial charge >= 0.3 is 13.7 Å². The Morgan fingerprint density at radius 1 is 0.896 bits per heavy atom. The number of benzene rings is 1. The average molecular weight is 688 g/mol. The summed E-state index contributed by atoms with van der Waals surface area (Å²) in [6.07, 6.45) is 1.25. The lowest BCUT2D eigenvalue weighted by molar-refractivity contribution is -0.134. The van der Waals surface area contributed by atoms with E-state index in [1.807, 2.05) is 37.3 Å². The molecule has 48 heavy (non-hydrogen) atoms. The summed E-state index contributed by atoms with van der Waals surface area (Å²) in [6, 6.07) is 10.0. The van der Waals surface area contributed by atoms with Crippen LogP contribution in [0.15, 0.2) is 36.4 Å². The monoisotopic (exact) mass is 687 g/mol. The molecule has 0 saturated carbocycles. The second-order valence-electron chi connectivity index (χ2n) is 11.9. The van der Waals surface area contributed by atoms with Crippen LogP contribution in [0.3, 0.4) is 0 Å². The van der Waals surface area contributed by atoms with Crippen LogP contribution in [0.4, 0.5) is 10.6 Å². The smallest absolute Gasteiger partial charge is 0.409 e. The molecule has 0 aliphatic carbocycles. The fraction of sp³-hybridized carbons (Fsp3) is 0.606. The van der Waals surface area contributed by atoms with Gasteiger partial charge in [0.05, 0.1) is 26.0 Å². The molecule has 0 spiro atoms. The predicted octanol–water partition coefficient (Wildman–Crippen LogP) is 3.73. The molecule has 1 N–H and O–H groups in total. The van der Waals surface area contributed by atoms with Gasteiger partial charge in [-0.25, -0.2) is 14.8 Å². The summed E-state index contributed by atoms with van der Waals surface area (Å²) in [5.41, 5.74) is 0.878. The van der Waals surface area contributed by atoms with Crippen LogP contribution in [-0.4, -0.2) is 134 Å². The van der Waals surface area contributed by atoms with Crippen molar-refractivity contribution in [3.8, 4) is 11.4 Å². The molecule has 15 heteroatoms. The van der Waals surface area contributed by atoms with Crippen molar-refractivity contribution in [2.24, 2.45) is 0 Å². The highest BCUT2D eigenvalue weighted by Gasteiger charge is 2.34. The van der Waals surface area contributed by atoms with Crippen molar-refractivity contribution in [2.45, 2.75) is 46.1 Å². The van der Waals surface area contributed by atoms with Crippen molar-refractivity contribution in [2.75, 3.05) is 90.3 Å². The van der Waals surface area contributed by atoms with E-state index in [1.54, 1.807) is 29.7 Å². The Labute approximate surface area is 283 Å². The maximum Gasteiger partial charge on any atom is 0.409 e. The number of nitrogens with one attached hydrogen (secondary N) is 1. The lowest BCUT2D eigenvalue weighted by Gasteiger charge is -2.36. The maximum atomic E-state index is 14.0. The Morgan fingerprint density at radius 3 is 2.17 bits per heavy atom. The Bertz CT molecular complexity index is 1390. The van der Waals surface area contributed by atoms with Crippen LogP contribution in [-0.2, 0) is 23.1 Å². The first-order chi connectivity index (χ1) is 23.2. The van der Waals surface area contributed by atoms with Crippen molar-refractivity contribution in [3.63, 3.8) is 0 Å². The molecule has 1 unspecified atom stereocenters. The summed E-state index contributed by atoms with van der Waals surface area (Å²) >= 11 is 0. The molecule has 3 amide bonds. The summed E-state index contributed by atoms with van der Waals surface area (Å²) in [7, 11) is -1.44. The van der Waals surface area contributed by atoms with Gasteiger partial charge < -0.3 is 38.7 Å². The minimum Gasteiger partial charge on any atom is -0.449 e. The lowest BCUT2D eigenvalue weighted by Crippen LogP contribution is -2.56. The lowest BCUT2D eigenvalue weighted by atomic mass is 10.1. The average Bonchev–Trinajstić information content (AvgIpc) is 3.10. The summed E-state index contributed by atoms with van der Waals surface area (Å²) < 4.78 is 29.7. The second-order valence-corrected chi connectivity index (χ2v) is 14.0. The van der Waals surface area contributed by atoms with Crippen LogP contribution in [0.5, 0.6) is 0 Å². The Balaban J connectivity index is 1.56. The van der Waals surface area contributed by atoms with Crippen LogP contribution in [0.25, 0.3) is 11.4 Å². The highest BCUT2D eigenvalue weighted by Crippen LogP contribution is 2.48. The SMILES string of the molecule is CCCCOC(=O)N1CCN(C(=O)C(CCP(=O)(OCC)OCC)NC(=O)c2cc(N3CCN(C)CC3)nc(-c3ccccc3)n2)CC1. The van der Waals surface area contributed by atoms with E-state index in [9.17, 15) is 18.9 Å². The van der Waals surface area contributed by atoms with Gasteiger partial charge in [0.15, 0.2) is 5.82 Å². The molecule has 2 fully saturated rings. The third-order valence-electron chi connectivity index (χ3n) is 8.32. The quantitative estimate of drug-likeness (QED) is 0.216. The van der Waals surface area contributed by atoms with Gasteiger partial charge in [-0.1, -0.05) is 43.7 Å². The normalized spacial score (nSPS) is 16.5. The number of rotatable bonds is 15. The molecule has 14 nitrogen and oxygen atoms in total. The number of carbonyl (C=O) groups excluding carboxylic acids is 3. The molecule has 0 radical (unpaired) electrons. The van der Waals surface area contributed by atoms with Crippen molar-refractivity contribution in [1.29, 1.82) is 0 Å². The van der Waals surface area contributed by atoms with E-state index >= 15 is 0 Å². The van der Waals surface area contributed by atoms with Gasteiger partial charge in [-0.15, -0.1) is 0 Å². The van der Waals surface area contributed by atoms with Crippen molar-refractivity contribution < 1.29 is 32.7 Å². The van der Waals surface area contributed by atoms with E-state index in [-0.39, 0.29) is 50.5 Å². The minimum atomic E-state index is -3.51. The Morgan fingerprint density at radius 2 is 1.54 bits per heavy atom. The zero-order valence-corrected chi connectivity index (χ0v) is 29.5. The van der Waals surface area contributed by atoms with Crippen molar-refractivity contribution in [3.05, 3.63) is 42.1 Å². The van der Waals surface area contributed by atoms with Gasteiger partial charge in [0.1, 0.15) is 17.6 Å². The molecule has 264 valence electrons. The van der Waals surface area contributed by atoms with Crippen LogP contribution in [0.1, 0.15) is 50.5 Å². The highest BCUT2D eigenvalue weighted by atomic mass is 31.2. The van der Waals surface area contributed by atoms with E-state index in [0.29, 0.717) is 31.3 Å². The molecule has 2 aliphatic heterocycles. The number of aromatic nitrogens is 2. The molecule has 2 aliphatic rings. The van der Waals surface area contributed by atoms with Gasteiger partial charge in [-0.2, -0.15) is 0 Å². The van der Waals surface area contributed by atoms with Crippen molar-refractivity contribution >= 4 is 31.3 Å². The predicted molar refractivity (Wildman–Crippen MR) is 183 cm³/mol. The topological polar surface area (TPSA) is 147 Å². The molecule has 1 aromatic carbocycles. The first-order valence-electron chi connectivity index (χ1n) is 16.9. The summed E-state index contributed by atoms with van der Waals surface area (Å²) in [6.45, 7) is 10.5. The number of piperazine rings is 2. The number of unbranched alkanes of at least 4 members (excludes halogenated alkanes) is 1. The van der Waals surface area contributed by atoms with Gasteiger partial charge in [0.2, 0.25) is 5.91 Å². The number of hydrogen-bond acceptors (Lipinski definition) is 11. The number of amides is 3. The molecule has 1 aromatic heterocycles. The third-order valence-corrected chi connectivity index (χ3v) is 10.4. The summed E-state index contributed by atoms with van der Waals surface area (Å²) in [5.74, 6) is 0.130. The summed E-state index contributed by atoms with van der Waals surface area (Å²) in [5, 5.41) is 2.89. The minimum absolute atomic E-state index is 0.0169. The maximum absolute atomic E-state index is 14.0. The highest BCUT2D eigenvalue weighted by molar-refractivity contribution is 7.53. The fourth-order valence-corrected chi connectivity index (χ4v) is 7.22. The van der Waals surface area contributed by atoms with Crippen LogP contribution >= 0.6 is 7.60 Å². The van der Waals surface area contributed by atoms with Crippen LogP contribution < -0.4 is 10.2 Å². The molecule has 1 atom stereocenters. The van der Waals surface area contributed by atoms with E-state index in [4.69, 9.17) is 18.8 Å². The Kier molecular flexibility index (Phi) is 14.2. The summed E-state index contributed by atoms with van der Waals surface area (Å²) in [4.78, 5) is 57.4. The zero-order chi connectivity index (χ0) is 34.5.